The fourth-order valence-corrected chi connectivity index (χ4v) is 16.4. The number of halogens is 4. The largest absolute Gasteiger partial charge is 0.394 e. The monoisotopic (exact) mass is 1450 g/mol. The predicted molar refractivity (Wildman–Crippen MR) is 371 cm³/mol. The average Bonchev–Trinajstić information content (AvgIpc) is 1.39. The Balaban J connectivity index is 1.28. The van der Waals surface area contributed by atoms with Gasteiger partial charge in [-0.2, -0.15) is 13.2 Å². The standard InChI is InChI=1S/C73H118F4N12O13/c1-15-45(6)60-69(99)82(10)47(8)64(94)89-33-29-54(89)67(97)84(12)56(40-49-23-21-44(5)22-24-49)66(96)81(9)42-58(90)78-52(28-26-48-25-27-50(51(74)39-48)73(75,76)77)65(95)88-32-19-20-53(88)63(93)80-72(30-17-18-31-72)71(101)86(14)61(46(7)16-2)70(100)85(13)57(68(98)87-34-36-102-37-35-87)41-59(91)83(11)55(38-43(3)4)62(92)79-60/h43-57,60-61H,15-42H2,1-14H3,(H,78,90)(H,79,92)(H,80,93)/t44?,45-,46-,47-,48?,49?,50?,51?,52-,53-,54-,55-,56-,57-,60-,61-/m0/s1. The van der Waals surface area contributed by atoms with Gasteiger partial charge in [0.25, 0.3) is 0 Å². The molecule has 3 aliphatic carbocycles. The van der Waals surface area contributed by atoms with Gasteiger partial charge < -0.3 is 64.8 Å². The lowest BCUT2D eigenvalue weighted by Crippen LogP contribution is -2.65. The van der Waals surface area contributed by atoms with Gasteiger partial charge in [-0.15, -0.1) is 0 Å². The zero-order valence-corrected chi connectivity index (χ0v) is 63.0. The van der Waals surface area contributed by atoms with E-state index in [1.165, 1.54) is 88.4 Å². The number of morpholine rings is 1. The maximum atomic E-state index is 15.6. The minimum atomic E-state index is -4.76. The maximum Gasteiger partial charge on any atom is 0.394 e. The van der Waals surface area contributed by atoms with E-state index in [9.17, 15) is 41.9 Å². The summed E-state index contributed by atoms with van der Waals surface area (Å²) in [6.45, 7) is 14.8. The number of nitrogens with one attached hydrogen (secondary N) is 3. The lowest BCUT2D eigenvalue weighted by Gasteiger charge is -2.45. The first-order valence-electron chi connectivity index (χ1n) is 37.7. The summed E-state index contributed by atoms with van der Waals surface area (Å²) in [7, 11) is 8.56. The van der Waals surface area contributed by atoms with Gasteiger partial charge in [-0.05, 0) is 119 Å². The van der Waals surface area contributed by atoms with Crippen molar-refractivity contribution in [2.45, 2.75) is 262 Å². The SMILES string of the molecule is CC[C@H](C)[C@@H]1NC(=O)[C@H](CC(C)C)N(C)C(=O)C[C@@H](C(=O)N2CCOCC2)N(C)C(=O)[C@H]([C@@H](C)CC)N(C)C(=O)C2(CCCC2)NC(=O)[C@@H]2CCCN2C(=O)[C@H](CCC2CCC(C(F)(F)F)C(F)C2)NC(=O)CN(C)C(=O)[C@H](CC2CCC(C)CC2)N(C)C(=O)[C@@H]2CCN2C(=O)[C@H](C)N(C)C1=O. The van der Waals surface area contributed by atoms with Crippen LogP contribution in [0.15, 0.2) is 0 Å². The van der Waals surface area contributed by atoms with E-state index in [2.05, 4.69) is 22.9 Å². The van der Waals surface area contributed by atoms with E-state index < -0.39 is 193 Å². The van der Waals surface area contributed by atoms with Crippen LogP contribution in [0.1, 0.15) is 190 Å². The fraction of sp³-hybridized carbons (Fsp3) is 0.836. The van der Waals surface area contributed by atoms with Crippen LogP contribution in [0, 0.1) is 41.4 Å². The summed E-state index contributed by atoms with van der Waals surface area (Å²) in [6, 6.07) is -11.2. The molecule has 29 heteroatoms. The summed E-state index contributed by atoms with van der Waals surface area (Å²) in [6.07, 6.45) is -2.33. The number of alkyl halides is 4. The summed E-state index contributed by atoms with van der Waals surface area (Å²) in [5.41, 5.74) is -1.60. The number of likely N-dealkylation sites (N-methyl/N-ethyl adjacent to an activating group) is 6. The lowest BCUT2D eigenvalue weighted by molar-refractivity contribution is -0.201. The molecule has 4 heterocycles. The number of rotatable bonds is 12. The summed E-state index contributed by atoms with van der Waals surface area (Å²) >= 11 is 0. The predicted octanol–water partition coefficient (Wildman–Crippen LogP) is 5.30. The molecule has 0 aromatic carbocycles. The normalized spacial score (nSPS) is 32.1. The Hall–Kier alpha value is -6.68. The molecule has 4 saturated heterocycles. The van der Waals surface area contributed by atoms with Gasteiger partial charge in [0.2, 0.25) is 70.9 Å². The number of ether oxygens (including phenoxy) is 1. The molecule has 7 aliphatic rings. The van der Waals surface area contributed by atoms with E-state index in [0.29, 0.717) is 38.0 Å². The van der Waals surface area contributed by atoms with E-state index in [1.807, 2.05) is 27.7 Å². The summed E-state index contributed by atoms with van der Waals surface area (Å²) in [4.78, 5) is 192. The number of fused-ring (bicyclic) bond motifs is 2. The quantitative estimate of drug-likeness (QED) is 0.209. The summed E-state index contributed by atoms with van der Waals surface area (Å²) in [5, 5.41) is 8.75. The van der Waals surface area contributed by atoms with Crippen molar-refractivity contribution in [1.29, 1.82) is 0 Å². The molecule has 0 radical (unpaired) electrons. The molecule has 3 N–H and O–H groups in total. The van der Waals surface area contributed by atoms with Gasteiger partial charge in [0.05, 0.1) is 32.1 Å². The molecule has 102 heavy (non-hydrogen) atoms. The smallest absolute Gasteiger partial charge is 0.378 e. The van der Waals surface area contributed by atoms with Crippen LogP contribution in [0.2, 0.25) is 0 Å². The fourth-order valence-electron chi connectivity index (χ4n) is 16.4. The molecule has 12 amide bonds. The van der Waals surface area contributed by atoms with Crippen molar-refractivity contribution in [3.8, 4) is 0 Å². The number of amides is 12. The second-order valence-electron chi connectivity index (χ2n) is 31.4. The summed E-state index contributed by atoms with van der Waals surface area (Å²) < 4.78 is 62.6. The molecule has 3 saturated carbocycles. The highest BCUT2D eigenvalue weighted by Gasteiger charge is 2.53. The Bertz CT molecular complexity index is 3000. The second-order valence-corrected chi connectivity index (χ2v) is 31.4. The number of hydrogen-bond donors (Lipinski definition) is 3. The molecule has 0 bridgehead atoms. The van der Waals surface area contributed by atoms with Gasteiger partial charge in [0.1, 0.15) is 66.1 Å². The minimum absolute atomic E-state index is 0.000413. The van der Waals surface area contributed by atoms with Crippen LogP contribution in [0.4, 0.5) is 17.6 Å². The van der Waals surface area contributed by atoms with Crippen LogP contribution in [0.25, 0.3) is 0 Å². The summed E-state index contributed by atoms with van der Waals surface area (Å²) in [5.74, 6) is -11.4. The molecule has 25 nitrogen and oxygen atoms in total. The van der Waals surface area contributed by atoms with Crippen molar-refractivity contribution in [3.05, 3.63) is 0 Å². The lowest BCUT2D eigenvalue weighted by atomic mass is 9.78. The van der Waals surface area contributed by atoms with Crippen LogP contribution in [0.5, 0.6) is 0 Å². The molecule has 7 fully saturated rings. The number of nitrogens with zero attached hydrogens (tertiary/aromatic N) is 9. The maximum absolute atomic E-state index is 15.6. The van der Waals surface area contributed by atoms with Gasteiger partial charge in [-0.1, -0.05) is 99.8 Å². The molecule has 576 valence electrons. The third-order valence-electron chi connectivity index (χ3n) is 23.9. The van der Waals surface area contributed by atoms with Crippen molar-refractivity contribution in [2.75, 3.05) is 88.2 Å². The zero-order valence-electron chi connectivity index (χ0n) is 63.0. The zero-order chi connectivity index (χ0) is 75.6. The highest BCUT2D eigenvalue weighted by Crippen LogP contribution is 2.43. The Morgan fingerprint density at radius 1 is 0.608 bits per heavy atom. The molecule has 1 spiro atoms. The Kier molecular flexibility index (Phi) is 29.1. The molecule has 3 unspecified atom stereocenters. The number of hydrogen-bond acceptors (Lipinski definition) is 13. The Labute approximate surface area is 600 Å². The average molecular weight is 1450 g/mol. The van der Waals surface area contributed by atoms with Crippen LogP contribution in [-0.2, 0) is 62.3 Å². The Morgan fingerprint density at radius 2 is 1.23 bits per heavy atom. The topological polar surface area (TPSA) is 279 Å². The van der Waals surface area contributed by atoms with Gasteiger partial charge in [-0.3, -0.25) is 57.5 Å². The van der Waals surface area contributed by atoms with Gasteiger partial charge in [-0.25, -0.2) is 4.39 Å². The van der Waals surface area contributed by atoms with Gasteiger partial charge in [0, 0.05) is 68.5 Å². The van der Waals surface area contributed by atoms with Crippen molar-refractivity contribution in [2.24, 2.45) is 41.4 Å². The first kappa shape index (κ1) is 82.6. The third-order valence-corrected chi connectivity index (χ3v) is 23.9. The molecular weight excluding hydrogens is 1330 g/mol. The van der Waals surface area contributed by atoms with Crippen LogP contribution in [0.3, 0.4) is 0 Å². The minimum Gasteiger partial charge on any atom is -0.378 e. The van der Waals surface area contributed by atoms with Crippen LogP contribution >= 0.6 is 0 Å². The number of carbonyl (C=O) groups is 12. The van der Waals surface area contributed by atoms with Gasteiger partial charge >= 0.3 is 6.18 Å². The number of carbonyl (C=O) groups excluding carboxylic acids is 12. The Morgan fingerprint density at radius 3 is 1.80 bits per heavy atom. The molecule has 7 rings (SSSR count). The van der Waals surface area contributed by atoms with Crippen molar-refractivity contribution < 1.29 is 79.8 Å². The van der Waals surface area contributed by atoms with Gasteiger partial charge in [0.15, 0.2) is 0 Å². The molecular formula is C73H118F4N12O13. The molecule has 0 aromatic heterocycles. The van der Waals surface area contributed by atoms with E-state index in [0.717, 1.165) is 30.6 Å². The van der Waals surface area contributed by atoms with E-state index in [1.54, 1.807) is 13.8 Å². The molecule has 14 atom stereocenters. The van der Waals surface area contributed by atoms with Crippen LogP contribution in [-0.4, -0.2) is 275 Å². The van der Waals surface area contributed by atoms with Crippen molar-refractivity contribution >= 4 is 70.9 Å². The van der Waals surface area contributed by atoms with E-state index in [4.69, 9.17) is 4.74 Å². The van der Waals surface area contributed by atoms with Crippen molar-refractivity contribution in [3.63, 3.8) is 0 Å². The second kappa shape index (κ2) is 35.9. The third kappa shape index (κ3) is 19.4. The highest BCUT2D eigenvalue weighted by atomic mass is 19.4. The van der Waals surface area contributed by atoms with Crippen molar-refractivity contribution in [1.82, 2.24) is 60.0 Å². The van der Waals surface area contributed by atoms with E-state index >= 15 is 33.2 Å². The first-order chi connectivity index (χ1) is 48.0. The molecule has 0 aromatic rings. The molecule has 4 aliphatic heterocycles. The first-order valence-corrected chi connectivity index (χ1v) is 37.7. The van der Waals surface area contributed by atoms with Crippen LogP contribution < -0.4 is 16.0 Å². The highest BCUT2D eigenvalue weighted by molar-refractivity contribution is 6.01. The van der Waals surface area contributed by atoms with E-state index in [-0.39, 0.29) is 109 Å².